The first kappa shape index (κ1) is 9.85. The number of rotatable bonds is 1. The highest BCUT2D eigenvalue weighted by Crippen LogP contribution is 2.17. The van der Waals surface area contributed by atoms with Crippen LogP contribution in [-0.2, 0) is 4.74 Å². The monoisotopic (exact) mass is 179 g/mol. The van der Waals surface area contributed by atoms with Gasteiger partial charge >= 0.3 is 0 Å². The predicted octanol–water partition coefficient (Wildman–Crippen LogP) is -3.26. The molecular weight excluding hydrogens is 166 g/mol. The van der Waals surface area contributed by atoms with Gasteiger partial charge in [-0.3, -0.25) is 0 Å². The molecule has 0 bridgehead atoms. The van der Waals surface area contributed by atoms with Crippen LogP contribution in [0.3, 0.4) is 0 Å². The Morgan fingerprint density at radius 1 is 1.17 bits per heavy atom. The highest BCUT2D eigenvalue weighted by Gasteiger charge is 2.41. The molecule has 1 fully saturated rings. The van der Waals surface area contributed by atoms with Crippen molar-refractivity contribution >= 4 is 0 Å². The summed E-state index contributed by atoms with van der Waals surface area (Å²) in [6, 6.07) is -1.04. The summed E-state index contributed by atoms with van der Waals surface area (Å²) in [5, 5.41) is 36.1. The first-order chi connectivity index (χ1) is 5.57. The zero-order valence-corrected chi connectivity index (χ0v) is 6.37. The van der Waals surface area contributed by atoms with Crippen molar-refractivity contribution in [2.45, 2.75) is 30.6 Å². The third kappa shape index (κ3) is 1.58. The van der Waals surface area contributed by atoms with Gasteiger partial charge in [0.15, 0.2) is 6.29 Å². The van der Waals surface area contributed by atoms with Crippen LogP contribution < -0.4 is 5.73 Å². The van der Waals surface area contributed by atoms with Crippen molar-refractivity contribution in [1.29, 1.82) is 0 Å². The molecule has 0 amide bonds. The van der Waals surface area contributed by atoms with Gasteiger partial charge in [0.25, 0.3) is 0 Å². The van der Waals surface area contributed by atoms with Crippen molar-refractivity contribution in [3.63, 3.8) is 0 Å². The molecule has 0 aliphatic carbocycles. The van der Waals surface area contributed by atoms with Crippen molar-refractivity contribution in [3.8, 4) is 0 Å². The zero-order chi connectivity index (χ0) is 9.30. The van der Waals surface area contributed by atoms with E-state index in [1.54, 1.807) is 0 Å². The van der Waals surface area contributed by atoms with Crippen molar-refractivity contribution in [2.75, 3.05) is 6.61 Å². The highest BCUT2D eigenvalue weighted by molar-refractivity contribution is 4.90. The molecule has 6 N–H and O–H groups in total. The Morgan fingerprint density at radius 2 is 1.75 bits per heavy atom. The second-order valence-electron chi connectivity index (χ2n) is 2.81. The molecule has 6 nitrogen and oxygen atoms in total. The lowest BCUT2D eigenvalue weighted by molar-refractivity contribution is -0.248. The highest BCUT2D eigenvalue weighted by atomic mass is 16.6. The number of hydrogen-bond acceptors (Lipinski definition) is 6. The lowest BCUT2D eigenvalue weighted by Gasteiger charge is -2.38. The van der Waals surface area contributed by atoms with Crippen LogP contribution in [0.15, 0.2) is 0 Å². The summed E-state index contributed by atoms with van der Waals surface area (Å²) in [6.07, 6.45) is -4.85. The molecule has 72 valence electrons. The van der Waals surface area contributed by atoms with Gasteiger partial charge in [-0.05, 0) is 0 Å². The molecule has 0 radical (unpaired) electrons. The molecular formula is C6H13NO5. The van der Waals surface area contributed by atoms with Gasteiger partial charge in [-0.2, -0.15) is 0 Å². The fourth-order valence-electron chi connectivity index (χ4n) is 1.12. The van der Waals surface area contributed by atoms with Crippen LogP contribution in [0.2, 0.25) is 0 Å². The first-order valence-electron chi connectivity index (χ1n) is 3.64. The van der Waals surface area contributed by atoms with E-state index in [9.17, 15) is 10.2 Å². The third-order valence-electron chi connectivity index (χ3n) is 1.95. The molecule has 0 aromatic rings. The van der Waals surface area contributed by atoms with E-state index >= 15 is 0 Å². The smallest absolute Gasteiger partial charge is 0.173 e. The molecule has 1 aliphatic heterocycles. The molecule has 6 heteroatoms. The Balaban J connectivity index is 2.63. The van der Waals surface area contributed by atoms with E-state index in [4.69, 9.17) is 20.7 Å². The average Bonchev–Trinajstić information content (AvgIpc) is 2.08. The van der Waals surface area contributed by atoms with Crippen LogP contribution in [0.1, 0.15) is 0 Å². The molecule has 0 spiro atoms. The van der Waals surface area contributed by atoms with Crippen LogP contribution in [0.4, 0.5) is 0 Å². The number of ether oxygens (including phenoxy) is 1. The van der Waals surface area contributed by atoms with E-state index < -0.39 is 37.3 Å². The topological polar surface area (TPSA) is 116 Å². The summed E-state index contributed by atoms with van der Waals surface area (Å²) >= 11 is 0. The van der Waals surface area contributed by atoms with Gasteiger partial charge in [-0.15, -0.1) is 0 Å². The predicted molar refractivity (Wildman–Crippen MR) is 38.0 cm³/mol. The van der Waals surface area contributed by atoms with E-state index in [1.807, 2.05) is 0 Å². The van der Waals surface area contributed by atoms with Gasteiger partial charge in [0.05, 0.1) is 12.6 Å². The van der Waals surface area contributed by atoms with Gasteiger partial charge in [0.1, 0.15) is 18.3 Å². The summed E-state index contributed by atoms with van der Waals surface area (Å²) in [7, 11) is 0. The number of hydrogen-bond donors (Lipinski definition) is 5. The Labute approximate surface area is 69.2 Å². The largest absolute Gasteiger partial charge is 0.394 e. The second-order valence-corrected chi connectivity index (χ2v) is 2.81. The standard InChI is InChI=1S/C6H13NO5/c7-3-5(10)4(9)2(1-8)12-6(3)11/h2-6,8-11H,1,7H2/t2?,3?,4?,5?,6-/m1/s1. The Bertz CT molecular complexity index is 150. The summed E-state index contributed by atoms with van der Waals surface area (Å²) in [4.78, 5) is 0. The Kier molecular flexibility index (Phi) is 2.99. The number of aliphatic hydroxyl groups is 4. The summed E-state index contributed by atoms with van der Waals surface area (Å²) in [5.74, 6) is 0. The van der Waals surface area contributed by atoms with Crippen molar-refractivity contribution in [3.05, 3.63) is 0 Å². The fourth-order valence-corrected chi connectivity index (χ4v) is 1.12. The Morgan fingerprint density at radius 3 is 2.25 bits per heavy atom. The fraction of sp³-hybridized carbons (Fsp3) is 1.00. The molecule has 1 heterocycles. The summed E-state index contributed by atoms with van der Waals surface area (Å²) in [5.41, 5.74) is 5.26. The maximum Gasteiger partial charge on any atom is 0.173 e. The van der Waals surface area contributed by atoms with Gasteiger partial charge < -0.3 is 30.9 Å². The normalized spacial score (nSPS) is 49.2. The lowest BCUT2D eigenvalue weighted by Crippen LogP contribution is -2.61. The van der Waals surface area contributed by atoms with E-state index in [2.05, 4.69) is 0 Å². The van der Waals surface area contributed by atoms with Crippen LogP contribution in [0, 0.1) is 0 Å². The molecule has 0 aromatic heterocycles. The second kappa shape index (κ2) is 3.65. The molecule has 0 aromatic carbocycles. The first-order valence-corrected chi connectivity index (χ1v) is 3.64. The maximum absolute atomic E-state index is 9.20. The van der Waals surface area contributed by atoms with Crippen molar-refractivity contribution in [1.82, 2.24) is 0 Å². The van der Waals surface area contributed by atoms with E-state index in [1.165, 1.54) is 0 Å². The molecule has 4 unspecified atom stereocenters. The van der Waals surface area contributed by atoms with Gasteiger partial charge in [0.2, 0.25) is 0 Å². The molecule has 5 atom stereocenters. The minimum atomic E-state index is -1.35. The SMILES string of the molecule is NC1C(O)C(O)C(CO)O[C@H]1O. The molecule has 1 saturated heterocycles. The van der Waals surface area contributed by atoms with Crippen LogP contribution >= 0.6 is 0 Å². The van der Waals surface area contributed by atoms with Crippen molar-refractivity contribution < 1.29 is 25.2 Å². The minimum absolute atomic E-state index is 0.470. The van der Waals surface area contributed by atoms with Gasteiger partial charge in [-0.1, -0.05) is 0 Å². The minimum Gasteiger partial charge on any atom is -0.394 e. The number of nitrogens with two attached hydrogens (primary N) is 1. The molecule has 0 saturated carbocycles. The molecule has 1 rings (SSSR count). The summed E-state index contributed by atoms with van der Waals surface area (Å²) < 4.78 is 4.70. The number of aliphatic hydroxyl groups excluding tert-OH is 4. The average molecular weight is 179 g/mol. The maximum atomic E-state index is 9.20. The van der Waals surface area contributed by atoms with Crippen LogP contribution in [0.5, 0.6) is 0 Å². The molecule has 1 aliphatic rings. The third-order valence-corrected chi connectivity index (χ3v) is 1.95. The summed E-state index contributed by atoms with van der Waals surface area (Å²) in [6.45, 7) is -0.470. The van der Waals surface area contributed by atoms with Crippen LogP contribution in [-0.4, -0.2) is 57.7 Å². The van der Waals surface area contributed by atoms with E-state index in [0.29, 0.717) is 0 Å². The van der Waals surface area contributed by atoms with Gasteiger partial charge in [-0.25, -0.2) is 0 Å². The van der Waals surface area contributed by atoms with E-state index in [-0.39, 0.29) is 0 Å². The van der Waals surface area contributed by atoms with E-state index in [0.717, 1.165) is 0 Å². The zero-order valence-electron chi connectivity index (χ0n) is 6.37. The van der Waals surface area contributed by atoms with Gasteiger partial charge in [0, 0.05) is 0 Å². The Hall–Kier alpha value is -0.240. The lowest BCUT2D eigenvalue weighted by atomic mass is 9.98. The molecule has 12 heavy (non-hydrogen) atoms. The van der Waals surface area contributed by atoms with Crippen LogP contribution in [0.25, 0.3) is 0 Å². The van der Waals surface area contributed by atoms with Crippen molar-refractivity contribution in [2.24, 2.45) is 5.73 Å². The quantitative estimate of drug-likeness (QED) is 0.288.